The van der Waals surface area contributed by atoms with Gasteiger partial charge in [-0.2, -0.15) is 11.8 Å². The largest absolute Gasteiger partial charge is 0.461 e. The highest BCUT2D eigenvalue weighted by Gasteiger charge is 2.25. The van der Waals surface area contributed by atoms with Gasteiger partial charge in [0, 0.05) is 29.5 Å². The molecule has 1 unspecified atom stereocenters. The molecule has 2 heterocycles. The summed E-state index contributed by atoms with van der Waals surface area (Å²) >= 11 is 3.02. The minimum absolute atomic E-state index is 0.0982. The topological polar surface area (TPSA) is 59.5 Å². The van der Waals surface area contributed by atoms with Gasteiger partial charge in [0.2, 0.25) is 5.01 Å². The molecule has 1 amide bonds. The fraction of sp³-hybridized carbons (Fsp3) is 0.583. The molecule has 1 aliphatic rings. The maximum Gasteiger partial charge on any atom is 0.367 e. The van der Waals surface area contributed by atoms with E-state index in [9.17, 15) is 9.59 Å². The Hall–Kier alpha value is -1.08. The highest BCUT2D eigenvalue weighted by atomic mass is 32.2. The molecule has 1 aromatic heterocycles. The molecular weight excluding hydrogens is 284 g/mol. The van der Waals surface area contributed by atoms with Crippen LogP contribution in [0, 0.1) is 0 Å². The molecule has 5 nitrogen and oxygen atoms in total. The van der Waals surface area contributed by atoms with Crippen molar-refractivity contribution in [2.75, 3.05) is 25.4 Å². The number of carbonyl (C=O) groups excluding carboxylic acids is 2. The van der Waals surface area contributed by atoms with Gasteiger partial charge in [0.15, 0.2) is 0 Å². The molecule has 0 aliphatic carbocycles. The van der Waals surface area contributed by atoms with Crippen LogP contribution >= 0.6 is 23.1 Å². The average molecular weight is 300 g/mol. The van der Waals surface area contributed by atoms with Gasteiger partial charge in [-0.15, -0.1) is 11.3 Å². The Morgan fingerprint density at radius 3 is 3.05 bits per heavy atom. The lowest BCUT2D eigenvalue weighted by molar-refractivity contribution is 0.0526. The number of rotatable bonds is 3. The fourth-order valence-corrected chi connectivity index (χ4v) is 3.52. The number of thiazole rings is 1. The molecule has 0 radical (unpaired) electrons. The molecule has 0 bridgehead atoms. The standard InChI is InChI=1S/C12H16N2O3S2/c1-3-17-12(16)10-13-9(7-19-10)11(15)14-4-5-18-8(2)6-14/h7-8H,3-6H2,1-2H3. The lowest BCUT2D eigenvalue weighted by Crippen LogP contribution is -2.41. The molecule has 2 rings (SSSR count). The lowest BCUT2D eigenvalue weighted by atomic mass is 10.3. The first kappa shape index (κ1) is 14.3. The van der Waals surface area contributed by atoms with Gasteiger partial charge < -0.3 is 9.64 Å². The second-order valence-corrected chi connectivity index (χ2v) is 6.60. The summed E-state index contributed by atoms with van der Waals surface area (Å²) in [5, 5.41) is 2.31. The van der Waals surface area contributed by atoms with Gasteiger partial charge in [0.05, 0.1) is 6.61 Å². The van der Waals surface area contributed by atoms with Crippen LogP contribution in [0.25, 0.3) is 0 Å². The second-order valence-electron chi connectivity index (χ2n) is 4.19. The molecule has 7 heteroatoms. The molecule has 104 valence electrons. The van der Waals surface area contributed by atoms with Crippen molar-refractivity contribution in [3.05, 3.63) is 16.1 Å². The number of hydrogen-bond donors (Lipinski definition) is 0. The van der Waals surface area contributed by atoms with Gasteiger partial charge in [-0.1, -0.05) is 6.92 Å². The Balaban J connectivity index is 2.05. The fourth-order valence-electron chi connectivity index (χ4n) is 1.82. The number of esters is 1. The highest BCUT2D eigenvalue weighted by Crippen LogP contribution is 2.20. The Labute approximate surface area is 120 Å². The van der Waals surface area contributed by atoms with Crippen LogP contribution in [0.4, 0.5) is 0 Å². The zero-order chi connectivity index (χ0) is 13.8. The third kappa shape index (κ3) is 3.48. The monoisotopic (exact) mass is 300 g/mol. The zero-order valence-electron chi connectivity index (χ0n) is 10.9. The maximum atomic E-state index is 12.2. The number of ether oxygens (including phenoxy) is 1. The molecule has 1 aromatic rings. The molecule has 1 atom stereocenters. The highest BCUT2D eigenvalue weighted by molar-refractivity contribution is 7.99. The van der Waals surface area contributed by atoms with Crippen molar-refractivity contribution in [2.24, 2.45) is 0 Å². The van der Waals surface area contributed by atoms with Gasteiger partial charge in [0.25, 0.3) is 5.91 Å². The van der Waals surface area contributed by atoms with E-state index in [2.05, 4.69) is 11.9 Å². The molecule has 19 heavy (non-hydrogen) atoms. The minimum atomic E-state index is -0.464. The van der Waals surface area contributed by atoms with Crippen LogP contribution in [0.5, 0.6) is 0 Å². The van der Waals surface area contributed by atoms with E-state index in [1.54, 1.807) is 17.2 Å². The molecule has 0 aromatic carbocycles. The second kappa shape index (κ2) is 6.38. The van der Waals surface area contributed by atoms with Gasteiger partial charge in [-0.3, -0.25) is 4.79 Å². The third-order valence-electron chi connectivity index (χ3n) is 2.70. The molecule has 0 N–H and O–H groups in total. The number of thioether (sulfide) groups is 1. The van der Waals surface area contributed by atoms with Gasteiger partial charge in [-0.05, 0) is 6.92 Å². The summed E-state index contributed by atoms with van der Waals surface area (Å²) in [5.41, 5.74) is 0.340. The van der Waals surface area contributed by atoms with Crippen molar-refractivity contribution in [1.82, 2.24) is 9.88 Å². The summed E-state index contributed by atoms with van der Waals surface area (Å²) in [5.74, 6) is 0.384. The smallest absolute Gasteiger partial charge is 0.367 e. The van der Waals surface area contributed by atoms with E-state index in [-0.39, 0.29) is 10.9 Å². The minimum Gasteiger partial charge on any atom is -0.461 e. The van der Waals surface area contributed by atoms with Crippen molar-refractivity contribution in [2.45, 2.75) is 19.1 Å². The van der Waals surface area contributed by atoms with E-state index in [1.807, 2.05) is 11.8 Å². The van der Waals surface area contributed by atoms with Gasteiger partial charge in [-0.25, -0.2) is 9.78 Å². The predicted octanol–water partition coefficient (Wildman–Crippen LogP) is 1.90. The Kier molecular flexibility index (Phi) is 4.81. The van der Waals surface area contributed by atoms with Crippen LogP contribution in [0.2, 0.25) is 0 Å². The Bertz CT molecular complexity index is 475. The number of aromatic nitrogens is 1. The summed E-state index contributed by atoms with van der Waals surface area (Å²) in [4.78, 5) is 29.6. The molecule has 1 saturated heterocycles. The molecule has 1 fully saturated rings. The summed E-state index contributed by atoms with van der Waals surface area (Å²) in [7, 11) is 0. The normalized spacial score (nSPS) is 19.3. The third-order valence-corrected chi connectivity index (χ3v) is 4.66. The molecule has 1 aliphatic heterocycles. The Morgan fingerprint density at radius 1 is 1.58 bits per heavy atom. The van der Waals surface area contributed by atoms with Crippen LogP contribution in [0.15, 0.2) is 5.38 Å². The number of amides is 1. The van der Waals surface area contributed by atoms with E-state index in [0.29, 0.717) is 17.6 Å². The Morgan fingerprint density at radius 2 is 2.37 bits per heavy atom. The van der Waals surface area contributed by atoms with Crippen LogP contribution in [0.1, 0.15) is 34.1 Å². The van der Waals surface area contributed by atoms with Gasteiger partial charge >= 0.3 is 5.97 Å². The van der Waals surface area contributed by atoms with Crippen LogP contribution in [0.3, 0.4) is 0 Å². The first-order chi connectivity index (χ1) is 9.11. The first-order valence-electron chi connectivity index (χ1n) is 6.15. The van der Waals surface area contributed by atoms with Crippen molar-refractivity contribution in [1.29, 1.82) is 0 Å². The predicted molar refractivity (Wildman–Crippen MR) is 75.9 cm³/mol. The maximum absolute atomic E-state index is 12.2. The summed E-state index contributed by atoms with van der Waals surface area (Å²) in [6.07, 6.45) is 0. The lowest BCUT2D eigenvalue weighted by Gasteiger charge is -2.29. The van der Waals surface area contributed by atoms with E-state index in [4.69, 9.17) is 4.74 Å². The molecule has 0 saturated carbocycles. The van der Waals surface area contributed by atoms with Crippen LogP contribution in [-0.4, -0.2) is 52.5 Å². The average Bonchev–Trinajstić information content (AvgIpc) is 2.88. The summed E-state index contributed by atoms with van der Waals surface area (Å²) < 4.78 is 4.86. The van der Waals surface area contributed by atoms with E-state index >= 15 is 0 Å². The van der Waals surface area contributed by atoms with Crippen LogP contribution in [-0.2, 0) is 4.74 Å². The first-order valence-corrected chi connectivity index (χ1v) is 8.08. The van der Waals surface area contributed by atoms with E-state index < -0.39 is 5.97 Å². The molecule has 0 spiro atoms. The number of hydrogen-bond acceptors (Lipinski definition) is 6. The van der Waals surface area contributed by atoms with Crippen molar-refractivity contribution in [3.63, 3.8) is 0 Å². The molecular formula is C12H16N2O3S2. The van der Waals surface area contributed by atoms with Crippen molar-refractivity contribution >= 4 is 35.0 Å². The van der Waals surface area contributed by atoms with Gasteiger partial charge in [0.1, 0.15) is 5.69 Å². The zero-order valence-corrected chi connectivity index (χ0v) is 12.6. The van der Waals surface area contributed by atoms with Crippen molar-refractivity contribution < 1.29 is 14.3 Å². The van der Waals surface area contributed by atoms with Crippen LogP contribution < -0.4 is 0 Å². The SMILES string of the molecule is CCOC(=O)c1nc(C(=O)N2CCSC(C)C2)cs1. The van der Waals surface area contributed by atoms with Crippen molar-refractivity contribution in [3.8, 4) is 0 Å². The summed E-state index contributed by atoms with van der Waals surface area (Å²) in [6, 6.07) is 0. The number of carbonyl (C=O) groups is 2. The quantitative estimate of drug-likeness (QED) is 0.798. The summed E-state index contributed by atoms with van der Waals surface area (Å²) in [6.45, 7) is 5.62. The number of nitrogens with zero attached hydrogens (tertiary/aromatic N) is 2. The van der Waals surface area contributed by atoms with E-state index in [0.717, 1.165) is 30.2 Å². The van der Waals surface area contributed by atoms with E-state index in [1.165, 1.54) is 0 Å².